The van der Waals surface area contributed by atoms with Gasteiger partial charge in [0.15, 0.2) is 6.29 Å². The van der Waals surface area contributed by atoms with Crippen molar-refractivity contribution < 1.29 is 9.84 Å². The maximum atomic E-state index is 9.89. The highest BCUT2D eigenvalue weighted by atomic mass is 16.6. The highest BCUT2D eigenvalue weighted by Gasteiger charge is 2.16. The van der Waals surface area contributed by atoms with Crippen LogP contribution in [-0.2, 0) is 11.3 Å². The summed E-state index contributed by atoms with van der Waals surface area (Å²) in [5, 5.41) is 10.7. The Labute approximate surface area is 128 Å². The molecular formula is C16H18N4O2. The van der Waals surface area contributed by atoms with Crippen LogP contribution in [0.25, 0.3) is 22.2 Å². The third-order valence-electron chi connectivity index (χ3n) is 3.48. The number of aliphatic hydroxyl groups is 1. The van der Waals surface area contributed by atoms with E-state index < -0.39 is 6.29 Å². The molecule has 0 saturated carbocycles. The number of nitrogens with two attached hydrogens (primary N) is 1. The fourth-order valence-electron chi connectivity index (χ4n) is 2.54. The minimum absolute atomic E-state index is 0.285. The molecule has 0 aliphatic carbocycles. The van der Waals surface area contributed by atoms with Crippen LogP contribution in [0.15, 0.2) is 42.9 Å². The highest BCUT2D eigenvalue weighted by Crippen LogP contribution is 2.32. The smallest absolute Gasteiger partial charge is 0.172 e. The minimum Gasteiger partial charge on any atom is -0.383 e. The molecule has 2 aromatic heterocycles. The predicted octanol–water partition coefficient (Wildman–Crippen LogP) is 2.04. The van der Waals surface area contributed by atoms with E-state index in [0.29, 0.717) is 18.1 Å². The van der Waals surface area contributed by atoms with E-state index >= 15 is 0 Å². The lowest BCUT2D eigenvalue weighted by molar-refractivity contribution is -0.103. The normalized spacial score (nSPS) is 12.6. The van der Waals surface area contributed by atoms with Gasteiger partial charge in [-0.3, -0.25) is 0 Å². The molecule has 3 N–H and O–H groups in total. The van der Waals surface area contributed by atoms with Gasteiger partial charge in [0.05, 0.1) is 11.9 Å². The Bertz CT molecular complexity index is 770. The summed E-state index contributed by atoms with van der Waals surface area (Å²) in [5.74, 6) is 0.425. The van der Waals surface area contributed by atoms with Gasteiger partial charge in [-0.25, -0.2) is 9.97 Å². The molecule has 0 aliphatic heterocycles. The Balaban J connectivity index is 2.13. The molecule has 1 unspecified atom stereocenters. The lowest BCUT2D eigenvalue weighted by Gasteiger charge is -2.11. The van der Waals surface area contributed by atoms with E-state index in [1.807, 2.05) is 48.0 Å². The monoisotopic (exact) mass is 298 g/mol. The molecule has 3 aromatic rings. The number of ether oxygens (including phenoxy) is 1. The molecule has 3 rings (SSSR count). The number of benzene rings is 1. The molecule has 2 heterocycles. The maximum absolute atomic E-state index is 9.89. The van der Waals surface area contributed by atoms with Crippen molar-refractivity contribution in [1.82, 2.24) is 14.5 Å². The van der Waals surface area contributed by atoms with Crippen LogP contribution in [0, 0.1) is 0 Å². The first-order valence-electron chi connectivity index (χ1n) is 7.15. The van der Waals surface area contributed by atoms with Crippen molar-refractivity contribution in [2.24, 2.45) is 0 Å². The van der Waals surface area contributed by atoms with Gasteiger partial charge < -0.3 is 20.1 Å². The standard InChI is InChI=1S/C16H18N4O2/c1-2-22-13(21)9-20-8-12(11-6-4-3-5-7-11)14-15(17)18-10-19-16(14)20/h3-8,10,13,21H,2,9H2,1H3,(H2,17,18,19). The maximum Gasteiger partial charge on any atom is 0.172 e. The number of aliphatic hydroxyl groups excluding tert-OH is 1. The van der Waals surface area contributed by atoms with E-state index in [4.69, 9.17) is 10.5 Å². The second-order valence-corrected chi connectivity index (χ2v) is 4.93. The molecule has 114 valence electrons. The average molecular weight is 298 g/mol. The molecule has 0 fully saturated rings. The molecule has 0 saturated heterocycles. The third-order valence-corrected chi connectivity index (χ3v) is 3.48. The molecular weight excluding hydrogens is 280 g/mol. The van der Waals surface area contributed by atoms with Crippen molar-refractivity contribution >= 4 is 16.9 Å². The van der Waals surface area contributed by atoms with Crippen LogP contribution in [0.2, 0.25) is 0 Å². The highest BCUT2D eigenvalue weighted by molar-refractivity contribution is 6.00. The minimum atomic E-state index is -0.889. The van der Waals surface area contributed by atoms with Crippen LogP contribution in [0.4, 0.5) is 5.82 Å². The zero-order chi connectivity index (χ0) is 15.5. The van der Waals surface area contributed by atoms with Gasteiger partial charge in [0.1, 0.15) is 17.8 Å². The Morgan fingerprint density at radius 3 is 2.77 bits per heavy atom. The van der Waals surface area contributed by atoms with Crippen LogP contribution in [0.1, 0.15) is 6.92 Å². The molecule has 0 radical (unpaired) electrons. The van der Waals surface area contributed by atoms with E-state index in [2.05, 4.69) is 9.97 Å². The second kappa shape index (κ2) is 6.13. The van der Waals surface area contributed by atoms with Gasteiger partial charge in [-0.15, -0.1) is 0 Å². The van der Waals surface area contributed by atoms with E-state index in [9.17, 15) is 5.11 Å². The molecule has 0 bridgehead atoms. The van der Waals surface area contributed by atoms with Crippen molar-refractivity contribution in [2.75, 3.05) is 12.3 Å². The first-order valence-corrected chi connectivity index (χ1v) is 7.15. The summed E-state index contributed by atoms with van der Waals surface area (Å²) in [6.07, 6.45) is 2.46. The van der Waals surface area contributed by atoms with Gasteiger partial charge >= 0.3 is 0 Å². The number of anilines is 1. The van der Waals surface area contributed by atoms with Crippen molar-refractivity contribution in [3.05, 3.63) is 42.9 Å². The fourth-order valence-corrected chi connectivity index (χ4v) is 2.54. The fraction of sp³-hybridized carbons (Fsp3) is 0.250. The van der Waals surface area contributed by atoms with Crippen molar-refractivity contribution in [3.8, 4) is 11.1 Å². The molecule has 6 nitrogen and oxygen atoms in total. The summed E-state index contributed by atoms with van der Waals surface area (Å²) in [6, 6.07) is 9.90. The summed E-state index contributed by atoms with van der Waals surface area (Å²) < 4.78 is 7.04. The molecule has 6 heteroatoms. The van der Waals surface area contributed by atoms with Gasteiger partial charge in [0, 0.05) is 18.4 Å². The number of nitrogen functional groups attached to an aromatic ring is 1. The largest absolute Gasteiger partial charge is 0.383 e. The summed E-state index contributed by atoms with van der Waals surface area (Å²) in [6.45, 7) is 2.57. The van der Waals surface area contributed by atoms with Crippen LogP contribution in [0.3, 0.4) is 0 Å². The molecule has 0 spiro atoms. The zero-order valence-corrected chi connectivity index (χ0v) is 12.3. The van der Waals surface area contributed by atoms with Gasteiger partial charge in [-0.1, -0.05) is 30.3 Å². The summed E-state index contributed by atoms with van der Waals surface area (Å²) in [5.41, 5.74) is 8.69. The van der Waals surface area contributed by atoms with E-state index in [0.717, 1.165) is 16.5 Å². The van der Waals surface area contributed by atoms with Crippen LogP contribution in [0.5, 0.6) is 0 Å². The molecule has 0 amide bonds. The Morgan fingerprint density at radius 2 is 2.05 bits per heavy atom. The lowest BCUT2D eigenvalue weighted by atomic mass is 10.1. The Hall–Kier alpha value is -2.44. The number of aromatic nitrogens is 3. The zero-order valence-electron chi connectivity index (χ0n) is 12.3. The topological polar surface area (TPSA) is 86.2 Å². The first-order chi connectivity index (χ1) is 10.7. The second-order valence-electron chi connectivity index (χ2n) is 4.93. The SMILES string of the molecule is CCOC(O)Cn1cc(-c2ccccc2)c2c(N)ncnc21. The van der Waals surface area contributed by atoms with Crippen LogP contribution in [-0.4, -0.2) is 32.5 Å². The number of fused-ring (bicyclic) bond motifs is 1. The molecule has 22 heavy (non-hydrogen) atoms. The van der Waals surface area contributed by atoms with Gasteiger partial charge in [-0.2, -0.15) is 0 Å². The van der Waals surface area contributed by atoms with Crippen LogP contribution >= 0.6 is 0 Å². The quantitative estimate of drug-likeness (QED) is 0.704. The van der Waals surface area contributed by atoms with Crippen molar-refractivity contribution in [3.63, 3.8) is 0 Å². The number of hydrogen-bond acceptors (Lipinski definition) is 5. The predicted molar refractivity (Wildman–Crippen MR) is 85.0 cm³/mol. The Morgan fingerprint density at radius 1 is 1.27 bits per heavy atom. The molecule has 1 aromatic carbocycles. The van der Waals surface area contributed by atoms with Crippen molar-refractivity contribution in [2.45, 2.75) is 19.8 Å². The summed E-state index contributed by atoms with van der Waals surface area (Å²) >= 11 is 0. The van der Waals surface area contributed by atoms with Gasteiger partial charge in [0.25, 0.3) is 0 Å². The van der Waals surface area contributed by atoms with E-state index in [1.54, 1.807) is 0 Å². The number of hydrogen-bond donors (Lipinski definition) is 2. The third kappa shape index (κ3) is 2.66. The first kappa shape index (κ1) is 14.5. The van der Waals surface area contributed by atoms with E-state index in [1.165, 1.54) is 6.33 Å². The van der Waals surface area contributed by atoms with E-state index in [-0.39, 0.29) is 6.54 Å². The lowest BCUT2D eigenvalue weighted by Crippen LogP contribution is -2.19. The molecule has 1 atom stereocenters. The average Bonchev–Trinajstić information content (AvgIpc) is 2.89. The number of nitrogens with zero attached hydrogens (tertiary/aromatic N) is 3. The Kier molecular flexibility index (Phi) is 4.04. The van der Waals surface area contributed by atoms with Crippen LogP contribution < -0.4 is 5.73 Å². The number of rotatable bonds is 5. The van der Waals surface area contributed by atoms with Gasteiger partial charge in [0.2, 0.25) is 0 Å². The van der Waals surface area contributed by atoms with Crippen molar-refractivity contribution in [1.29, 1.82) is 0 Å². The van der Waals surface area contributed by atoms with Gasteiger partial charge in [-0.05, 0) is 12.5 Å². The molecule has 0 aliphatic rings. The summed E-state index contributed by atoms with van der Waals surface area (Å²) in [4.78, 5) is 8.39. The summed E-state index contributed by atoms with van der Waals surface area (Å²) in [7, 11) is 0.